The third-order valence-corrected chi connectivity index (χ3v) is 11.4. The fourth-order valence-electron chi connectivity index (χ4n) is 7.94. The van der Waals surface area contributed by atoms with E-state index in [0.29, 0.717) is 35.6 Å². The number of hydrogen-bond acceptors (Lipinski definition) is 6. The van der Waals surface area contributed by atoms with E-state index in [-0.39, 0.29) is 70.4 Å². The van der Waals surface area contributed by atoms with Crippen molar-refractivity contribution in [3.05, 3.63) is 58.2 Å². The second kappa shape index (κ2) is 13.6. The zero-order chi connectivity index (χ0) is 36.4. The Hall–Kier alpha value is -3.88. The number of ether oxygens (including phenoxy) is 1. The molecule has 3 aliphatic rings. The molecule has 0 spiro atoms. The number of benzene rings is 2. The van der Waals surface area contributed by atoms with Gasteiger partial charge < -0.3 is 19.1 Å². The zero-order valence-corrected chi connectivity index (χ0v) is 31.1. The molecule has 3 fully saturated rings. The molecule has 0 bridgehead atoms. The number of aryl methyl sites for hydroxylation is 1. The number of halogens is 3. The summed E-state index contributed by atoms with van der Waals surface area (Å²) in [4.78, 5) is 35.7. The van der Waals surface area contributed by atoms with E-state index in [1.165, 1.54) is 23.9 Å². The molecule has 1 aliphatic carbocycles. The number of rotatable bonds is 7. The number of amides is 2. The van der Waals surface area contributed by atoms with E-state index >= 15 is 4.39 Å². The van der Waals surface area contributed by atoms with Crippen LogP contribution in [0.2, 0.25) is 5.02 Å². The highest BCUT2D eigenvalue weighted by Gasteiger charge is 2.43. The molecule has 4 aromatic rings. The van der Waals surface area contributed by atoms with Crippen molar-refractivity contribution < 1.29 is 23.1 Å². The minimum atomic E-state index is -0.668. The zero-order valence-electron chi connectivity index (χ0n) is 29.6. The Labute approximate surface area is 306 Å². The van der Waals surface area contributed by atoms with E-state index < -0.39 is 17.2 Å². The van der Waals surface area contributed by atoms with Gasteiger partial charge in [0.15, 0.2) is 5.82 Å². The number of likely N-dealkylation sites (tertiary alicyclic amines) is 2. The first-order chi connectivity index (χ1) is 24.3. The number of aromatic nitrogens is 2. The van der Waals surface area contributed by atoms with Crippen LogP contribution in [-0.2, 0) is 16.0 Å². The highest BCUT2D eigenvalue weighted by atomic mass is 35.5. The van der Waals surface area contributed by atoms with E-state index in [4.69, 9.17) is 21.3 Å². The second-order valence-electron chi connectivity index (χ2n) is 15.1. The van der Waals surface area contributed by atoms with Crippen molar-refractivity contribution >= 4 is 57.2 Å². The first-order valence-corrected chi connectivity index (χ1v) is 19.3. The maximum Gasteiger partial charge on any atom is 0.410 e. The van der Waals surface area contributed by atoms with Crippen molar-refractivity contribution in [3.8, 4) is 17.2 Å². The summed E-state index contributed by atoms with van der Waals surface area (Å²) in [6.45, 7) is 9.15. The summed E-state index contributed by atoms with van der Waals surface area (Å²) in [6.07, 6.45) is 5.30. The Morgan fingerprint density at radius 2 is 1.90 bits per heavy atom. The van der Waals surface area contributed by atoms with Gasteiger partial charge in [-0.1, -0.05) is 30.7 Å². The van der Waals surface area contributed by atoms with Crippen molar-refractivity contribution in [2.75, 3.05) is 25.9 Å². The van der Waals surface area contributed by atoms with Gasteiger partial charge in [0.1, 0.15) is 22.0 Å². The highest BCUT2D eigenvalue weighted by molar-refractivity contribution is 7.98. The highest BCUT2D eigenvalue weighted by Crippen LogP contribution is 2.47. The van der Waals surface area contributed by atoms with E-state index in [1.807, 2.05) is 38.0 Å². The number of hydrogen-bond donors (Lipinski definition) is 0. The Kier molecular flexibility index (Phi) is 9.46. The van der Waals surface area contributed by atoms with Crippen molar-refractivity contribution in [2.45, 2.75) is 88.9 Å². The minimum absolute atomic E-state index is 0.00456. The fourth-order valence-corrected chi connectivity index (χ4v) is 8.71. The van der Waals surface area contributed by atoms with E-state index in [9.17, 15) is 19.2 Å². The number of nitrogens with zero attached hydrogens (tertiary/aromatic N) is 5. The summed E-state index contributed by atoms with van der Waals surface area (Å²) in [6, 6.07) is 10.1. The maximum absolute atomic E-state index is 17.2. The number of carbonyl (C=O) groups is 2. The first-order valence-electron chi connectivity index (χ1n) is 17.7. The molecule has 2 aromatic heterocycles. The molecule has 2 saturated heterocycles. The van der Waals surface area contributed by atoms with E-state index in [0.717, 1.165) is 42.3 Å². The van der Waals surface area contributed by atoms with Crippen LogP contribution in [0.15, 0.2) is 35.4 Å². The third-order valence-electron chi connectivity index (χ3n) is 10.4. The number of thioether (sulfide) groups is 1. The van der Waals surface area contributed by atoms with Crippen LogP contribution in [0.3, 0.4) is 0 Å². The molecule has 0 N–H and O–H groups in total. The summed E-state index contributed by atoms with van der Waals surface area (Å²) in [5.41, 5.74) is 2.01. The lowest BCUT2D eigenvalue weighted by atomic mass is 9.93. The average molecular weight is 734 g/mol. The lowest BCUT2D eigenvalue weighted by molar-refractivity contribution is -0.133. The molecule has 8 nitrogen and oxygen atoms in total. The van der Waals surface area contributed by atoms with Crippen LogP contribution >= 0.6 is 23.4 Å². The van der Waals surface area contributed by atoms with Crippen LogP contribution in [0.25, 0.3) is 32.9 Å². The number of fused-ring (bicyclic) bond motifs is 3. The fraction of sp³-hybridized carbons (Fsp3) is 0.487. The Morgan fingerprint density at radius 3 is 2.59 bits per heavy atom. The largest absolute Gasteiger partial charge is 0.444 e. The van der Waals surface area contributed by atoms with Crippen LogP contribution in [0, 0.1) is 34.8 Å². The van der Waals surface area contributed by atoms with Gasteiger partial charge >= 0.3 is 6.09 Å². The Balaban J connectivity index is 1.51. The number of pyridine rings is 1. The molecule has 4 heterocycles. The monoisotopic (exact) mass is 733 g/mol. The van der Waals surface area contributed by atoms with Crippen molar-refractivity contribution in [3.63, 3.8) is 0 Å². The Bertz CT molecular complexity index is 2100. The van der Waals surface area contributed by atoms with Gasteiger partial charge in [0.25, 0.3) is 0 Å². The number of nitriles is 1. The van der Waals surface area contributed by atoms with Gasteiger partial charge in [-0.25, -0.2) is 18.6 Å². The van der Waals surface area contributed by atoms with Gasteiger partial charge in [-0.3, -0.25) is 4.79 Å². The van der Waals surface area contributed by atoms with Crippen LogP contribution in [-0.4, -0.2) is 62.8 Å². The molecule has 2 aromatic carbocycles. The summed E-state index contributed by atoms with van der Waals surface area (Å²) >= 11 is 7.85. The lowest BCUT2D eigenvalue weighted by Crippen LogP contribution is -2.36. The topological polar surface area (TPSA) is 91.5 Å². The van der Waals surface area contributed by atoms with Gasteiger partial charge in [-0.05, 0) is 88.8 Å². The first kappa shape index (κ1) is 35.5. The predicted molar refractivity (Wildman–Crippen MR) is 196 cm³/mol. The molecule has 7 rings (SSSR count). The molecule has 2 aliphatic heterocycles. The predicted octanol–water partition coefficient (Wildman–Crippen LogP) is 9.47. The number of carbonyl (C=O) groups excluding carboxylic acids is 2. The van der Waals surface area contributed by atoms with E-state index in [1.54, 1.807) is 11.0 Å². The molecular weight excluding hydrogens is 692 g/mol. The van der Waals surface area contributed by atoms with Crippen LogP contribution in [0.4, 0.5) is 13.6 Å². The van der Waals surface area contributed by atoms with Crippen LogP contribution in [0.1, 0.15) is 83.1 Å². The van der Waals surface area contributed by atoms with Gasteiger partial charge in [-0.2, -0.15) is 5.26 Å². The molecule has 51 heavy (non-hydrogen) atoms. The Morgan fingerprint density at radius 1 is 1.14 bits per heavy atom. The smallest absolute Gasteiger partial charge is 0.410 e. The van der Waals surface area contributed by atoms with E-state index in [2.05, 4.69) is 23.6 Å². The summed E-state index contributed by atoms with van der Waals surface area (Å²) in [5.74, 6) is -1.07. The summed E-state index contributed by atoms with van der Waals surface area (Å²) in [7, 11) is 0. The molecule has 268 valence electrons. The molecule has 3 atom stereocenters. The maximum atomic E-state index is 17.2. The lowest BCUT2D eigenvalue weighted by Gasteiger charge is -2.30. The molecule has 1 saturated carbocycles. The quantitative estimate of drug-likeness (QED) is 0.176. The average Bonchev–Trinajstić information content (AvgIpc) is 3.49. The molecule has 0 radical (unpaired) electrons. The van der Waals surface area contributed by atoms with Gasteiger partial charge in [-0.15, -0.1) is 11.8 Å². The minimum Gasteiger partial charge on any atom is -0.444 e. The summed E-state index contributed by atoms with van der Waals surface area (Å²) in [5, 5.41) is 11.4. The third kappa shape index (κ3) is 6.43. The molecule has 2 amide bonds. The second-order valence-corrected chi connectivity index (χ2v) is 16.3. The van der Waals surface area contributed by atoms with Gasteiger partial charge in [0.2, 0.25) is 5.91 Å². The van der Waals surface area contributed by atoms with Crippen molar-refractivity contribution in [1.29, 1.82) is 5.26 Å². The molecular formula is C39H42ClF2N5O3S. The molecule has 12 heteroatoms. The van der Waals surface area contributed by atoms with Gasteiger partial charge in [0, 0.05) is 59.6 Å². The van der Waals surface area contributed by atoms with Gasteiger partial charge in [0.05, 0.1) is 28.7 Å². The molecule has 0 unspecified atom stereocenters. The standard InChI is InChI=1S/C39H42ClF2N5O3S/c1-21-19-45(38(49)50-39(2,3)4)20-30(21)47-29(28-12-8-16-46(28)37(48)22-13-14-22)18-26-35(47)25-17-23(9-7-15-43)31(24-10-6-11-27(41)32(24)40)33(42)34(25)44-36(26)51-5/h6,10-11,17-18,21-22,28,30H,7-9,12-14,16,19-20H2,1-5H3/t21-,28-,30-/m1/s1. The normalized spacial score (nSPS) is 20.8. The van der Waals surface area contributed by atoms with Crippen molar-refractivity contribution in [2.24, 2.45) is 11.8 Å². The van der Waals surface area contributed by atoms with Crippen LogP contribution < -0.4 is 0 Å². The van der Waals surface area contributed by atoms with Crippen molar-refractivity contribution in [1.82, 2.24) is 19.4 Å². The van der Waals surface area contributed by atoms with Crippen LogP contribution in [0.5, 0.6) is 0 Å². The summed E-state index contributed by atoms with van der Waals surface area (Å²) < 4.78 is 40.0. The SMILES string of the molecule is CSc1nc2c(F)c(-c3cccc(F)c3Cl)c(CCC#N)cc2c2c1cc([C@H]1CCCN1C(=O)C1CC1)n2[C@@H]1CN(C(=O)OC(C)(C)C)C[C@H]1C.